The lowest BCUT2D eigenvalue weighted by Gasteiger charge is -2.36. The number of methoxy groups -OCH3 is 1. The van der Waals surface area contributed by atoms with Crippen LogP contribution in [-0.4, -0.2) is 30.9 Å². The highest BCUT2D eigenvalue weighted by Crippen LogP contribution is 2.27. The molecule has 5 heteroatoms. The fraction of sp³-hybridized carbons (Fsp3) is 0.562. The van der Waals surface area contributed by atoms with Crippen molar-refractivity contribution in [2.75, 3.05) is 13.7 Å². The summed E-state index contributed by atoms with van der Waals surface area (Å²) in [5.74, 6) is 0.841. The van der Waals surface area contributed by atoms with Crippen LogP contribution in [-0.2, 0) is 6.42 Å². The maximum Gasteiger partial charge on any atom is 0.404 e. The van der Waals surface area contributed by atoms with E-state index < -0.39 is 6.09 Å². The van der Waals surface area contributed by atoms with Gasteiger partial charge in [0.1, 0.15) is 5.75 Å². The van der Waals surface area contributed by atoms with Crippen LogP contribution in [0.4, 0.5) is 4.79 Å². The van der Waals surface area contributed by atoms with Gasteiger partial charge in [-0.2, -0.15) is 0 Å². The van der Waals surface area contributed by atoms with Crippen molar-refractivity contribution in [2.45, 2.75) is 33.2 Å². The molecule has 0 saturated carbocycles. The van der Waals surface area contributed by atoms with Crippen molar-refractivity contribution in [3.8, 4) is 5.75 Å². The zero-order valence-electron chi connectivity index (χ0n) is 13.2. The summed E-state index contributed by atoms with van der Waals surface area (Å²) < 4.78 is 5.14. The van der Waals surface area contributed by atoms with Gasteiger partial charge in [0.2, 0.25) is 0 Å². The van der Waals surface area contributed by atoms with Crippen LogP contribution >= 0.6 is 0 Å². The van der Waals surface area contributed by atoms with Crippen molar-refractivity contribution >= 4 is 6.09 Å². The Kier molecular flexibility index (Phi) is 6.03. The second-order valence-corrected chi connectivity index (χ2v) is 6.34. The lowest BCUT2D eigenvalue weighted by Crippen LogP contribution is -2.50. The number of nitrogens with one attached hydrogen (secondary N) is 1. The second-order valence-electron chi connectivity index (χ2n) is 6.34. The van der Waals surface area contributed by atoms with Crippen LogP contribution < -0.4 is 15.8 Å². The highest BCUT2D eigenvalue weighted by Gasteiger charge is 2.32. The average Bonchev–Trinajstić information content (AvgIpc) is 2.42. The van der Waals surface area contributed by atoms with Gasteiger partial charge >= 0.3 is 6.09 Å². The van der Waals surface area contributed by atoms with E-state index in [1.165, 1.54) is 0 Å². The van der Waals surface area contributed by atoms with Crippen LogP contribution in [0.1, 0.15) is 26.3 Å². The molecule has 0 spiro atoms. The summed E-state index contributed by atoms with van der Waals surface area (Å²) in [6, 6.07) is 7.57. The highest BCUT2D eigenvalue weighted by atomic mass is 16.5. The van der Waals surface area contributed by atoms with E-state index >= 15 is 0 Å². The molecule has 0 aliphatic heterocycles. The van der Waals surface area contributed by atoms with Crippen LogP contribution in [0.2, 0.25) is 0 Å². The summed E-state index contributed by atoms with van der Waals surface area (Å²) in [7, 11) is 1.63. The number of rotatable bonds is 6. The topological polar surface area (TPSA) is 84.6 Å². The third kappa shape index (κ3) is 5.27. The van der Waals surface area contributed by atoms with Gasteiger partial charge in [-0.1, -0.05) is 32.9 Å². The standard InChI is InChI=1S/C16H26N2O3/c1-16(2,3)14(18-15(19)20)12(10-17)9-11-5-7-13(21-4)8-6-11/h5-8,12,14,18H,9-10,17H2,1-4H3,(H,19,20)/t12-,14?/m0/s1. The Morgan fingerprint density at radius 1 is 1.33 bits per heavy atom. The van der Waals surface area contributed by atoms with Crippen molar-refractivity contribution in [2.24, 2.45) is 17.1 Å². The quantitative estimate of drug-likeness (QED) is 0.752. The summed E-state index contributed by atoms with van der Waals surface area (Å²) in [5, 5.41) is 11.7. The van der Waals surface area contributed by atoms with E-state index in [2.05, 4.69) is 5.32 Å². The molecular formula is C16H26N2O3. The molecule has 1 amide bonds. The molecule has 0 saturated heterocycles. The molecular weight excluding hydrogens is 268 g/mol. The highest BCUT2D eigenvalue weighted by molar-refractivity contribution is 5.65. The molecule has 118 valence electrons. The average molecular weight is 294 g/mol. The number of hydrogen-bond donors (Lipinski definition) is 3. The van der Waals surface area contributed by atoms with Crippen molar-refractivity contribution in [1.29, 1.82) is 0 Å². The van der Waals surface area contributed by atoms with Crippen LogP contribution in [0.15, 0.2) is 24.3 Å². The van der Waals surface area contributed by atoms with Crippen molar-refractivity contribution in [3.05, 3.63) is 29.8 Å². The minimum Gasteiger partial charge on any atom is -0.497 e. The zero-order chi connectivity index (χ0) is 16.0. The van der Waals surface area contributed by atoms with E-state index in [4.69, 9.17) is 15.6 Å². The molecule has 0 fully saturated rings. The monoisotopic (exact) mass is 294 g/mol. The minimum absolute atomic E-state index is 0.0366. The molecule has 0 aliphatic carbocycles. The molecule has 1 aromatic carbocycles. The molecule has 0 aliphatic rings. The van der Waals surface area contributed by atoms with E-state index in [-0.39, 0.29) is 17.4 Å². The molecule has 0 bridgehead atoms. The van der Waals surface area contributed by atoms with E-state index in [1.54, 1.807) is 7.11 Å². The smallest absolute Gasteiger partial charge is 0.404 e. The van der Waals surface area contributed by atoms with Crippen LogP contribution in [0.25, 0.3) is 0 Å². The molecule has 21 heavy (non-hydrogen) atoms. The summed E-state index contributed by atoms with van der Waals surface area (Å²) in [6.07, 6.45) is -0.286. The lowest BCUT2D eigenvalue weighted by atomic mass is 9.76. The normalized spacial score (nSPS) is 14.3. The molecule has 1 unspecified atom stereocenters. The van der Waals surface area contributed by atoms with Gasteiger partial charge in [-0.05, 0) is 42.0 Å². The van der Waals surface area contributed by atoms with Crippen molar-refractivity contribution in [1.82, 2.24) is 5.32 Å². The predicted octanol–water partition coefficient (Wildman–Crippen LogP) is 2.49. The van der Waals surface area contributed by atoms with Gasteiger partial charge in [0.05, 0.1) is 7.11 Å². The molecule has 0 heterocycles. The Labute approximate surface area is 126 Å². The SMILES string of the molecule is COc1ccc(C[C@@H](CN)C(NC(=O)O)C(C)(C)C)cc1. The fourth-order valence-electron chi connectivity index (χ4n) is 2.58. The molecule has 4 N–H and O–H groups in total. The molecule has 0 radical (unpaired) electrons. The van der Waals surface area contributed by atoms with Gasteiger partial charge in [-0.25, -0.2) is 4.79 Å². The van der Waals surface area contributed by atoms with Gasteiger partial charge in [0.15, 0.2) is 0 Å². The largest absolute Gasteiger partial charge is 0.497 e. The van der Waals surface area contributed by atoms with Gasteiger partial charge in [-0.15, -0.1) is 0 Å². The number of benzene rings is 1. The minimum atomic E-state index is -1.01. The predicted molar refractivity (Wildman–Crippen MR) is 83.6 cm³/mol. The summed E-state index contributed by atoms with van der Waals surface area (Å²) >= 11 is 0. The first kappa shape index (κ1) is 17.3. The third-order valence-corrected chi connectivity index (χ3v) is 3.64. The van der Waals surface area contributed by atoms with E-state index in [9.17, 15) is 4.79 Å². The van der Waals surface area contributed by atoms with Gasteiger partial charge in [0.25, 0.3) is 0 Å². The fourth-order valence-corrected chi connectivity index (χ4v) is 2.58. The van der Waals surface area contributed by atoms with Crippen LogP contribution in [0.3, 0.4) is 0 Å². The summed E-state index contributed by atoms with van der Waals surface area (Å²) in [6.45, 7) is 6.48. The first-order chi connectivity index (χ1) is 9.77. The van der Waals surface area contributed by atoms with E-state index in [1.807, 2.05) is 45.0 Å². The third-order valence-electron chi connectivity index (χ3n) is 3.64. The van der Waals surface area contributed by atoms with Gasteiger partial charge < -0.3 is 20.9 Å². The van der Waals surface area contributed by atoms with Crippen molar-refractivity contribution in [3.63, 3.8) is 0 Å². The maximum absolute atomic E-state index is 11.0. The number of ether oxygens (including phenoxy) is 1. The number of nitrogens with two attached hydrogens (primary N) is 1. The zero-order valence-corrected chi connectivity index (χ0v) is 13.2. The number of hydrogen-bond acceptors (Lipinski definition) is 3. The van der Waals surface area contributed by atoms with Gasteiger partial charge in [-0.3, -0.25) is 0 Å². The maximum atomic E-state index is 11.0. The molecule has 5 nitrogen and oxygen atoms in total. The Bertz CT molecular complexity index is 452. The van der Waals surface area contributed by atoms with E-state index in [0.29, 0.717) is 6.54 Å². The first-order valence-corrected chi connectivity index (χ1v) is 7.10. The van der Waals surface area contributed by atoms with Crippen molar-refractivity contribution < 1.29 is 14.6 Å². The van der Waals surface area contributed by atoms with Crippen LogP contribution in [0, 0.1) is 11.3 Å². The lowest BCUT2D eigenvalue weighted by molar-refractivity contribution is 0.153. The Morgan fingerprint density at radius 3 is 2.29 bits per heavy atom. The number of amides is 1. The van der Waals surface area contributed by atoms with Crippen LogP contribution in [0.5, 0.6) is 5.75 Å². The molecule has 1 rings (SSSR count). The number of carboxylic acid groups (broad SMARTS) is 1. The molecule has 1 aromatic rings. The Morgan fingerprint density at radius 2 is 1.90 bits per heavy atom. The second kappa shape index (κ2) is 7.31. The summed E-state index contributed by atoms with van der Waals surface area (Å²) in [4.78, 5) is 11.0. The first-order valence-electron chi connectivity index (χ1n) is 7.10. The van der Waals surface area contributed by atoms with Gasteiger partial charge in [0, 0.05) is 6.04 Å². The Balaban J connectivity index is 2.89. The Hall–Kier alpha value is -1.75. The molecule has 2 atom stereocenters. The number of carbonyl (C=O) groups is 1. The van der Waals surface area contributed by atoms with E-state index in [0.717, 1.165) is 17.7 Å². The molecule has 0 aromatic heterocycles. The summed E-state index contributed by atoms with van der Waals surface area (Å²) in [5.41, 5.74) is 6.81.